The van der Waals surface area contributed by atoms with Crippen LogP contribution >= 0.6 is 51.2 Å². The van der Waals surface area contributed by atoms with E-state index in [1.54, 1.807) is 11.3 Å². The van der Waals surface area contributed by atoms with E-state index in [-0.39, 0.29) is 24.0 Å². The van der Waals surface area contributed by atoms with Gasteiger partial charge in [-0.2, -0.15) is 0 Å². The van der Waals surface area contributed by atoms with Gasteiger partial charge in [0.15, 0.2) is 5.96 Å². The van der Waals surface area contributed by atoms with E-state index in [1.807, 2.05) is 0 Å². The standard InChI is InChI=1S/C12H20BrN3S.HI/c1-4-14-12(15-6-9(2)3)16-7-11-5-10(13)8-17-11;/h5,8-9H,4,6-7H2,1-3H3,(H2,14,15,16);1H. The van der Waals surface area contributed by atoms with Crippen LogP contribution in [0, 0.1) is 5.92 Å². The van der Waals surface area contributed by atoms with Crippen LogP contribution in [-0.4, -0.2) is 19.0 Å². The smallest absolute Gasteiger partial charge is 0.191 e. The van der Waals surface area contributed by atoms with Gasteiger partial charge in [0.1, 0.15) is 0 Å². The van der Waals surface area contributed by atoms with E-state index >= 15 is 0 Å². The highest BCUT2D eigenvalue weighted by Gasteiger charge is 2.00. The summed E-state index contributed by atoms with van der Waals surface area (Å²) in [4.78, 5) is 5.82. The van der Waals surface area contributed by atoms with E-state index in [9.17, 15) is 0 Å². The Balaban J connectivity index is 0.00000289. The molecule has 1 aromatic rings. The van der Waals surface area contributed by atoms with Crippen LogP contribution in [0.4, 0.5) is 0 Å². The van der Waals surface area contributed by atoms with Gasteiger partial charge >= 0.3 is 0 Å². The number of aliphatic imine (C=N–C) groups is 1. The van der Waals surface area contributed by atoms with E-state index in [4.69, 9.17) is 0 Å². The molecule has 0 bridgehead atoms. The molecule has 1 heterocycles. The molecule has 2 N–H and O–H groups in total. The molecular weight excluding hydrogens is 425 g/mol. The molecule has 104 valence electrons. The second-order valence-electron chi connectivity index (χ2n) is 4.20. The van der Waals surface area contributed by atoms with Crippen LogP contribution in [0.3, 0.4) is 0 Å². The van der Waals surface area contributed by atoms with Crippen molar-refractivity contribution in [2.75, 3.05) is 13.1 Å². The number of guanidine groups is 1. The van der Waals surface area contributed by atoms with Crippen LogP contribution in [0.1, 0.15) is 25.6 Å². The summed E-state index contributed by atoms with van der Waals surface area (Å²) < 4.78 is 1.13. The Morgan fingerprint density at radius 2 is 2.17 bits per heavy atom. The highest BCUT2D eigenvalue weighted by Crippen LogP contribution is 2.20. The summed E-state index contributed by atoms with van der Waals surface area (Å²) in [6.45, 7) is 9.01. The number of nitrogens with one attached hydrogen (secondary N) is 2. The van der Waals surface area contributed by atoms with E-state index in [2.05, 4.69) is 63.8 Å². The molecule has 0 aliphatic rings. The molecule has 3 nitrogen and oxygen atoms in total. The molecule has 0 spiro atoms. The lowest BCUT2D eigenvalue weighted by Gasteiger charge is -2.12. The highest BCUT2D eigenvalue weighted by molar-refractivity contribution is 14.0. The van der Waals surface area contributed by atoms with Crippen LogP contribution < -0.4 is 10.6 Å². The van der Waals surface area contributed by atoms with Crippen LogP contribution in [0.25, 0.3) is 0 Å². The Kier molecular flexibility index (Phi) is 10.1. The summed E-state index contributed by atoms with van der Waals surface area (Å²) in [7, 11) is 0. The quantitative estimate of drug-likeness (QED) is 0.410. The predicted molar refractivity (Wildman–Crippen MR) is 95.1 cm³/mol. The summed E-state index contributed by atoms with van der Waals surface area (Å²) >= 11 is 5.17. The lowest BCUT2D eigenvalue weighted by atomic mass is 10.2. The highest BCUT2D eigenvalue weighted by atomic mass is 127. The Labute approximate surface area is 139 Å². The summed E-state index contributed by atoms with van der Waals surface area (Å²) in [6, 6.07) is 2.11. The van der Waals surface area contributed by atoms with Gasteiger partial charge in [0.2, 0.25) is 0 Å². The second kappa shape index (κ2) is 10.0. The number of hydrogen-bond acceptors (Lipinski definition) is 2. The number of rotatable bonds is 5. The zero-order valence-electron chi connectivity index (χ0n) is 11.0. The van der Waals surface area contributed by atoms with E-state index in [0.717, 1.165) is 30.1 Å². The third-order valence-electron chi connectivity index (χ3n) is 2.04. The third-order valence-corrected chi connectivity index (χ3v) is 3.72. The van der Waals surface area contributed by atoms with Gasteiger partial charge in [-0.25, -0.2) is 4.99 Å². The van der Waals surface area contributed by atoms with Crippen LogP contribution in [0.2, 0.25) is 0 Å². The lowest BCUT2D eigenvalue weighted by molar-refractivity contribution is 0.615. The van der Waals surface area contributed by atoms with Gasteiger partial charge in [0, 0.05) is 27.8 Å². The number of halogens is 2. The van der Waals surface area contributed by atoms with Crippen molar-refractivity contribution < 1.29 is 0 Å². The summed E-state index contributed by atoms with van der Waals surface area (Å²) in [6.07, 6.45) is 0. The first-order valence-electron chi connectivity index (χ1n) is 5.87. The van der Waals surface area contributed by atoms with Crippen LogP contribution in [0.5, 0.6) is 0 Å². The maximum atomic E-state index is 4.55. The van der Waals surface area contributed by atoms with Gasteiger partial charge in [0.25, 0.3) is 0 Å². The Bertz CT molecular complexity index is 366. The Morgan fingerprint density at radius 1 is 1.44 bits per heavy atom. The first-order valence-corrected chi connectivity index (χ1v) is 7.54. The van der Waals surface area contributed by atoms with Crippen molar-refractivity contribution in [3.05, 3.63) is 20.8 Å². The van der Waals surface area contributed by atoms with Crippen molar-refractivity contribution in [3.63, 3.8) is 0 Å². The van der Waals surface area contributed by atoms with Crippen molar-refractivity contribution in [1.29, 1.82) is 0 Å². The fourth-order valence-electron chi connectivity index (χ4n) is 1.24. The van der Waals surface area contributed by atoms with Crippen LogP contribution in [0.15, 0.2) is 20.9 Å². The van der Waals surface area contributed by atoms with Crippen LogP contribution in [-0.2, 0) is 6.54 Å². The van der Waals surface area contributed by atoms with Gasteiger partial charge in [-0.3, -0.25) is 0 Å². The predicted octanol–water partition coefficient (Wildman–Crippen LogP) is 3.84. The molecule has 0 saturated carbocycles. The number of hydrogen-bond donors (Lipinski definition) is 2. The molecule has 18 heavy (non-hydrogen) atoms. The monoisotopic (exact) mass is 445 g/mol. The van der Waals surface area contributed by atoms with Gasteiger partial charge in [0.05, 0.1) is 6.54 Å². The minimum absolute atomic E-state index is 0. The van der Waals surface area contributed by atoms with Crippen molar-refractivity contribution in [1.82, 2.24) is 10.6 Å². The first-order chi connectivity index (χ1) is 8.11. The number of thiophene rings is 1. The minimum atomic E-state index is 0. The molecule has 1 aromatic heterocycles. The molecule has 6 heteroatoms. The van der Waals surface area contributed by atoms with Gasteiger partial charge in [-0.05, 0) is 34.8 Å². The normalized spacial score (nSPS) is 11.3. The Morgan fingerprint density at radius 3 is 2.67 bits per heavy atom. The molecule has 0 atom stereocenters. The summed E-state index contributed by atoms with van der Waals surface area (Å²) in [5.41, 5.74) is 0. The minimum Gasteiger partial charge on any atom is -0.357 e. The maximum absolute atomic E-state index is 4.55. The van der Waals surface area contributed by atoms with Crippen molar-refractivity contribution in [3.8, 4) is 0 Å². The topological polar surface area (TPSA) is 36.4 Å². The average molecular weight is 446 g/mol. The molecule has 0 aliphatic carbocycles. The molecule has 0 unspecified atom stereocenters. The molecule has 0 aliphatic heterocycles. The molecule has 0 saturated heterocycles. The Hall–Kier alpha value is 0.180. The summed E-state index contributed by atoms with van der Waals surface area (Å²) in [5, 5.41) is 8.66. The lowest BCUT2D eigenvalue weighted by Crippen LogP contribution is -2.39. The molecule has 1 rings (SSSR count). The van der Waals surface area contributed by atoms with E-state index in [1.165, 1.54) is 4.88 Å². The largest absolute Gasteiger partial charge is 0.357 e. The molecule has 0 fully saturated rings. The second-order valence-corrected chi connectivity index (χ2v) is 6.11. The van der Waals surface area contributed by atoms with Gasteiger partial charge in [-0.1, -0.05) is 13.8 Å². The third kappa shape index (κ3) is 7.58. The zero-order valence-corrected chi connectivity index (χ0v) is 15.7. The SMILES string of the molecule is CCNC(=NCc1cc(Br)cs1)NCC(C)C.I. The van der Waals surface area contributed by atoms with Gasteiger partial charge < -0.3 is 10.6 Å². The van der Waals surface area contributed by atoms with Gasteiger partial charge in [-0.15, -0.1) is 35.3 Å². The van der Waals surface area contributed by atoms with E-state index in [0.29, 0.717) is 5.92 Å². The zero-order chi connectivity index (χ0) is 12.7. The average Bonchev–Trinajstić information content (AvgIpc) is 2.68. The maximum Gasteiger partial charge on any atom is 0.191 e. The molecule has 0 aromatic carbocycles. The first kappa shape index (κ1) is 18.2. The number of nitrogens with zero attached hydrogens (tertiary/aromatic N) is 1. The van der Waals surface area contributed by atoms with Crippen molar-refractivity contribution in [2.45, 2.75) is 27.3 Å². The van der Waals surface area contributed by atoms with Crippen molar-refractivity contribution >= 4 is 57.2 Å². The fourth-order valence-corrected chi connectivity index (χ4v) is 2.61. The van der Waals surface area contributed by atoms with E-state index < -0.39 is 0 Å². The molecule has 0 amide bonds. The molecule has 0 radical (unpaired) electrons. The fraction of sp³-hybridized carbons (Fsp3) is 0.583. The molecular formula is C12H21BrIN3S. The van der Waals surface area contributed by atoms with Crippen molar-refractivity contribution in [2.24, 2.45) is 10.9 Å². The summed E-state index contributed by atoms with van der Waals surface area (Å²) in [5.74, 6) is 1.51.